The zero-order valence-electron chi connectivity index (χ0n) is 6.08. The highest BCUT2D eigenvalue weighted by Gasteiger charge is 2.04. The van der Waals surface area contributed by atoms with Crippen LogP contribution >= 0.6 is 0 Å². The van der Waals surface area contributed by atoms with Crippen molar-refractivity contribution in [2.24, 2.45) is 0 Å². The van der Waals surface area contributed by atoms with Crippen molar-refractivity contribution in [2.45, 2.75) is 13.0 Å². The van der Waals surface area contributed by atoms with E-state index in [4.69, 9.17) is 10.2 Å². The lowest BCUT2D eigenvalue weighted by atomic mass is 10.1. The van der Waals surface area contributed by atoms with Crippen molar-refractivity contribution in [3.8, 4) is 5.75 Å². The molecular weight excluding hydrogens is 147 g/mol. The first-order valence-corrected chi connectivity index (χ1v) is 3.27. The molecule has 1 aromatic rings. The van der Waals surface area contributed by atoms with Gasteiger partial charge < -0.3 is 10.2 Å². The van der Waals surface area contributed by atoms with E-state index in [1.165, 1.54) is 19.1 Å². The largest absolute Gasteiger partial charge is 0.505 e. The average Bonchev–Trinajstić information content (AvgIpc) is 1.94. The van der Waals surface area contributed by atoms with Crippen LogP contribution < -0.4 is 0 Å². The number of aliphatic hydroxyl groups is 1. The van der Waals surface area contributed by atoms with Crippen LogP contribution in [0.25, 0.3) is 0 Å². The number of phenols is 1. The summed E-state index contributed by atoms with van der Waals surface area (Å²) < 4.78 is 12.6. The van der Waals surface area contributed by atoms with E-state index in [2.05, 4.69) is 0 Å². The highest BCUT2D eigenvalue weighted by molar-refractivity contribution is 5.28. The molecule has 1 unspecified atom stereocenters. The van der Waals surface area contributed by atoms with Crippen LogP contribution in [0.5, 0.6) is 5.75 Å². The Morgan fingerprint density at radius 2 is 2.09 bits per heavy atom. The Kier molecular flexibility index (Phi) is 2.10. The molecule has 2 nitrogen and oxygen atoms in total. The summed E-state index contributed by atoms with van der Waals surface area (Å²) in [7, 11) is 0. The number of aliphatic hydroxyl groups excluding tert-OH is 1. The third kappa shape index (κ3) is 1.68. The minimum absolute atomic E-state index is 0.394. The molecule has 1 rings (SSSR count). The maximum absolute atomic E-state index is 12.6. The number of hydrogen-bond donors (Lipinski definition) is 2. The summed E-state index contributed by atoms with van der Waals surface area (Å²) in [5.41, 5.74) is 0.459. The molecule has 0 saturated heterocycles. The average molecular weight is 156 g/mol. The van der Waals surface area contributed by atoms with Crippen molar-refractivity contribution in [1.29, 1.82) is 0 Å². The van der Waals surface area contributed by atoms with E-state index in [-0.39, 0.29) is 0 Å². The fraction of sp³-hybridized carbons (Fsp3) is 0.250. The van der Waals surface area contributed by atoms with E-state index in [0.717, 1.165) is 6.07 Å². The lowest BCUT2D eigenvalue weighted by molar-refractivity contribution is 0.198. The predicted molar refractivity (Wildman–Crippen MR) is 38.7 cm³/mol. The van der Waals surface area contributed by atoms with Crippen molar-refractivity contribution in [3.63, 3.8) is 0 Å². The first-order chi connectivity index (χ1) is 5.11. The van der Waals surface area contributed by atoms with Gasteiger partial charge in [-0.2, -0.15) is 0 Å². The third-order valence-electron chi connectivity index (χ3n) is 1.45. The lowest BCUT2D eigenvalue weighted by Gasteiger charge is -2.04. The van der Waals surface area contributed by atoms with Gasteiger partial charge in [0.15, 0.2) is 11.6 Å². The Bertz CT molecular complexity index is 258. The third-order valence-corrected chi connectivity index (χ3v) is 1.45. The van der Waals surface area contributed by atoms with Gasteiger partial charge in [-0.1, -0.05) is 6.07 Å². The van der Waals surface area contributed by atoms with Crippen LogP contribution in [0.15, 0.2) is 18.2 Å². The number of rotatable bonds is 1. The Hall–Kier alpha value is -1.09. The fourth-order valence-corrected chi connectivity index (χ4v) is 0.783. The highest BCUT2D eigenvalue weighted by Crippen LogP contribution is 2.19. The topological polar surface area (TPSA) is 40.5 Å². The first kappa shape index (κ1) is 8.01. The van der Waals surface area contributed by atoms with Crippen LogP contribution in [-0.2, 0) is 0 Å². The van der Waals surface area contributed by atoms with Crippen molar-refractivity contribution in [1.82, 2.24) is 0 Å². The minimum Gasteiger partial charge on any atom is -0.505 e. The van der Waals surface area contributed by atoms with Crippen molar-refractivity contribution in [3.05, 3.63) is 29.6 Å². The Balaban J connectivity index is 3.05. The monoisotopic (exact) mass is 156 g/mol. The van der Waals surface area contributed by atoms with E-state index in [0.29, 0.717) is 5.56 Å². The second-order valence-electron chi connectivity index (χ2n) is 2.39. The number of phenolic OH excluding ortho intramolecular Hbond substituents is 1. The second-order valence-corrected chi connectivity index (χ2v) is 2.39. The Morgan fingerprint density at radius 3 is 2.55 bits per heavy atom. The van der Waals surface area contributed by atoms with Gasteiger partial charge in [0.25, 0.3) is 0 Å². The van der Waals surface area contributed by atoms with Crippen LogP contribution in [0.2, 0.25) is 0 Å². The predicted octanol–water partition coefficient (Wildman–Crippen LogP) is 1.58. The minimum atomic E-state index is -0.705. The summed E-state index contributed by atoms with van der Waals surface area (Å²) in [6.07, 6.45) is -0.704. The first-order valence-electron chi connectivity index (χ1n) is 3.27. The van der Waals surface area contributed by atoms with Gasteiger partial charge in [-0.25, -0.2) is 4.39 Å². The van der Waals surface area contributed by atoms with Crippen LogP contribution in [0.1, 0.15) is 18.6 Å². The van der Waals surface area contributed by atoms with Gasteiger partial charge in [0.2, 0.25) is 0 Å². The molecule has 2 N–H and O–H groups in total. The van der Waals surface area contributed by atoms with Crippen LogP contribution in [-0.4, -0.2) is 10.2 Å². The van der Waals surface area contributed by atoms with Gasteiger partial charge in [0, 0.05) is 0 Å². The van der Waals surface area contributed by atoms with Gasteiger partial charge in [0.1, 0.15) is 0 Å². The molecule has 3 heteroatoms. The molecular formula is C8H9FO2. The molecule has 0 spiro atoms. The van der Waals surface area contributed by atoms with Crippen LogP contribution in [0.4, 0.5) is 4.39 Å². The molecule has 0 bridgehead atoms. The summed E-state index contributed by atoms with van der Waals surface area (Å²) in [6, 6.07) is 3.81. The zero-order valence-corrected chi connectivity index (χ0v) is 6.08. The SMILES string of the molecule is CC(O)c1ccc(O)c(F)c1. The van der Waals surface area contributed by atoms with Gasteiger partial charge in [-0.3, -0.25) is 0 Å². The number of aromatic hydroxyl groups is 1. The molecule has 11 heavy (non-hydrogen) atoms. The van der Waals surface area contributed by atoms with E-state index in [1.807, 2.05) is 0 Å². The van der Waals surface area contributed by atoms with Gasteiger partial charge in [-0.15, -0.1) is 0 Å². The maximum Gasteiger partial charge on any atom is 0.165 e. The Morgan fingerprint density at radius 1 is 1.45 bits per heavy atom. The van der Waals surface area contributed by atoms with Crippen molar-refractivity contribution in [2.75, 3.05) is 0 Å². The Labute approximate surface area is 63.9 Å². The number of halogens is 1. The molecule has 0 saturated carbocycles. The molecule has 0 radical (unpaired) electrons. The molecule has 60 valence electrons. The van der Waals surface area contributed by atoms with Gasteiger partial charge in [-0.05, 0) is 24.6 Å². The second kappa shape index (κ2) is 2.88. The van der Waals surface area contributed by atoms with E-state index < -0.39 is 17.7 Å². The summed E-state index contributed by atoms with van der Waals surface area (Å²) in [4.78, 5) is 0. The molecule has 0 heterocycles. The van der Waals surface area contributed by atoms with E-state index in [9.17, 15) is 4.39 Å². The van der Waals surface area contributed by atoms with Crippen LogP contribution in [0.3, 0.4) is 0 Å². The summed E-state index contributed by atoms with van der Waals surface area (Å²) >= 11 is 0. The normalized spacial score (nSPS) is 13.0. The highest BCUT2D eigenvalue weighted by atomic mass is 19.1. The maximum atomic E-state index is 12.6. The van der Waals surface area contributed by atoms with Crippen molar-refractivity contribution < 1.29 is 14.6 Å². The van der Waals surface area contributed by atoms with Crippen molar-refractivity contribution >= 4 is 0 Å². The van der Waals surface area contributed by atoms with Crippen LogP contribution in [0, 0.1) is 5.82 Å². The lowest BCUT2D eigenvalue weighted by Crippen LogP contribution is -1.91. The molecule has 0 amide bonds. The zero-order chi connectivity index (χ0) is 8.43. The summed E-state index contributed by atoms with van der Waals surface area (Å²) in [5, 5.41) is 17.8. The standard InChI is InChI=1S/C8H9FO2/c1-5(10)6-2-3-8(11)7(9)4-6/h2-5,10-11H,1H3. The molecule has 0 aromatic heterocycles. The van der Waals surface area contributed by atoms with Gasteiger partial charge >= 0.3 is 0 Å². The summed E-state index contributed by atoms with van der Waals surface area (Å²) in [5.74, 6) is -1.10. The molecule has 1 atom stereocenters. The number of hydrogen-bond acceptors (Lipinski definition) is 2. The fourth-order valence-electron chi connectivity index (χ4n) is 0.783. The molecule has 0 fully saturated rings. The summed E-state index contributed by atoms with van der Waals surface area (Å²) in [6.45, 7) is 1.53. The molecule has 1 aromatic carbocycles. The van der Waals surface area contributed by atoms with Gasteiger partial charge in [0.05, 0.1) is 6.10 Å². The quantitative estimate of drug-likeness (QED) is 0.648. The smallest absolute Gasteiger partial charge is 0.165 e. The van der Waals surface area contributed by atoms with E-state index >= 15 is 0 Å². The van der Waals surface area contributed by atoms with E-state index in [1.54, 1.807) is 0 Å². The molecule has 0 aliphatic carbocycles. The number of benzene rings is 1. The molecule has 0 aliphatic rings. The molecule has 0 aliphatic heterocycles.